The Morgan fingerprint density at radius 3 is 2.83 bits per heavy atom. The van der Waals surface area contributed by atoms with Gasteiger partial charge in [-0.05, 0) is 24.3 Å². The van der Waals surface area contributed by atoms with E-state index in [1.807, 2.05) is 0 Å². The fourth-order valence-electron chi connectivity index (χ4n) is 2.32. The van der Waals surface area contributed by atoms with Gasteiger partial charge in [-0.3, -0.25) is 19.5 Å². The molecule has 0 aliphatic rings. The molecule has 1 N–H and O–H groups in total. The van der Waals surface area contributed by atoms with Gasteiger partial charge >= 0.3 is 5.88 Å². The molecule has 0 aliphatic carbocycles. The Morgan fingerprint density at radius 2 is 2.12 bits per heavy atom. The van der Waals surface area contributed by atoms with Gasteiger partial charge in [0.25, 0.3) is 5.56 Å². The lowest BCUT2D eigenvalue weighted by Crippen LogP contribution is -2.25. The minimum absolute atomic E-state index is 0.0991. The van der Waals surface area contributed by atoms with E-state index in [9.17, 15) is 20.0 Å². The van der Waals surface area contributed by atoms with Crippen LogP contribution in [-0.2, 0) is 6.54 Å². The lowest BCUT2D eigenvalue weighted by molar-refractivity contribution is -0.402. The van der Waals surface area contributed by atoms with E-state index >= 15 is 0 Å². The van der Waals surface area contributed by atoms with Crippen LogP contribution in [0.25, 0.3) is 23.1 Å². The number of para-hydroxylation sites is 1. The van der Waals surface area contributed by atoms with Crippen LogP contribution in [0.5, 0.6) is 0 Å². The first-order chi connectivity index (χ1) is 11.6. The molecule has 2 heterocycles. The van der Waals surface area contributed by atoms with Crippen molar-refractivity contribution < 1.29 is 14.4 Å². The Kier molecular flexibility index (Phi) is 4.21. The van der Waals surface area contributed by atoms with E-state index in [-0.39, 0.29) is 24.6 Å². The molecule has 0 unspecified atom stereocenters. The highest BCUT2D eigenvalue weighted by Gasteiger charge is 2.11. The van der Waals surface area contributed by atoms with Gasteiger partial charge < -0.3 is 9.52 Å². The average molecular weight is 327 g/mol. The average Bonchev–Trinajstić information content (AvgIpc) is 3.05. The van der Waals surface area contributed by atoms with Crippen LogP contribution in [0.1, 0.15) is 11.4 Å². The van der Waals surface area contributed by atoms with Crippen LogP contribution in [0.15, 0.2) is 45.8 Å². The van der Waals surface area contributed by atoms with Crippen LogP contribution in [0.3, 0.4) is 0 Å². The molecule has 24 heavy (non-hydrogen) atoms. The van der Waals surface area contributed by atoms with E-state index in [1.165, 1.54) is 16.9 Å². The second-order valence-corrected chi connectivity index (χ2v) is 4.98. The Balaban J connectivity index is 2.06. The molecular weight excluding hydrogens is 314 g/mol. The quantitative estimate of drug-likeness (QED) is 0.567. The fraction of sp³-hybridized carbons (Fsp3) is 0.125. The van der Waals surface area contributed by atoms with Gasteiger partial charge in [0.05, 0.1) is 30.1 Å². The second kappa shape index (κ2) is 6.47. The van der Waals surface area contributed by atoms with Crippen LogP contribution in [0.4, 0.5) is 5.88 Å². The van der Waals surface area contributed by atoms with Gasteiger partial charge in [0.2, 0.25) is 0 Å². The van der Waals surface area contributed by atoms with E-state index in [4.69, 9.17) is 4.42 Å². The highest BCUT2D eigenvalue weighted by Crippen LogP contribution is 2.18. The van der Waals surface area contributed by atoms with Gasteiger partial charge in [-0.25, -0.2) is 4.98 Å². The van der Waals surface area contributed by atoms with E-state index < -0.39 is 4.92 Å². The summed E-state index contributed by atoms with van der Waals surface area (Å²) in [5, 5.41) is 20.3. The maximum absolute atomic E-state index is 12.5. The maximum Gasteiger partial charge on any atom is 0.433 e. The summed E-state index contributed by atoms with van der Waals surface area (Å²) < 4.78 is 6.16. The van der Waals surface area contributed by atoms with Crippen molar-refractivity contribution in [2.45, 2.75) is 6.54 Å². The first-order valence-electron chi connectivity index (χ1n) is 7.11. The second-order valence-electron chi connectivity index (χ2n) is 4.98. The molecule has 0 atom stereocenters. The first-order valence-corrected chi connectivity index (χ1v) is 7.11. The number of rotatable bonds is 5. The molecule has 0 spiro atoms. The van der Waals surface area contributed by atoms with Crippen LogP contribution in [0, 0.1) is 10.1 Å². The molecule has 1 aromatic carbocycles. The summed E-state index contributed by atoms with van der Waals surface area (Å²) in [4.78, 5) is 26.9. The van der Waals surface area contributed by atoms with Crippen molar-refractivity contribution in [3.05, 3.63) is 68.5 Å². The highest BCUT2D eigenvalue weighted by molar-refractivity contribution is 5.79. The van der Waals surface area contributed by atoms with Gasteiger partial charge in [-0.15, -0.1) is 0 Å². The Hall–Kier alpha value is -3.26. The fourth-order valence-corrected chi connectivity index (χ4v) is 2.32. The molecule has 0 saturated carbocycles. The van der Waals surface area contributed by atoms with Gasteiger partial charge in [-0.2, -0.15) is 0 Å². The Labute approximate surface area is 135 Å². The summed E-state index contributed by atoms with van der Waals surface area (Å²) in [7, 11) is 0. The largest absolute Gasteiger partial charge is 0.433 e. The molecule has 2 aromatic heterocycles. The minimum Gasteiger partial charge on any atom is -0.409 e. The maximum atomic E-state index is 12.5. The molecule has 0 radical (unpaired) electrons. The van der Waals surface area contributed by atoms with E-state index in [1.54, 1.807) is 36.4 Å². The van der Waals surface area contributed by atoms with Crippen molar-refractivity contribution in [1.82, 2.24) is 9.55 Å². The number of aliphatic hydroxyl groups excluding tert-OH is 1. The number of nitrogens with zero attached hydrogens (tertiary/aromatic N) is 3. The zero-order chi connectivity index (χ0) is 17.1. The molecule has 0 amide bonds. The zero-order valence-corrected chi connectivity index (χ0v) is 12.5. The smallest absolute Gasteiger partial charge is 0.409 e. The van der Waals surface area contributed by atoms with Gasteiger partial charge in [-0.1, -0.05) is 12.1 Å². The van der Waals surface area contributed by atoms with Crippen LogP contribution in [0.2, 0.25) is 0 Å². The highest BCUT2D eigenvalue weighted by atomic mass is 16.6. The summed E-state index contributed by atoms with van der Waals surface area (Å²) in [6, 6.07) is 8.18. The van der Waals surface area contributed by atoms with Crippen molar-refractivity contribution >= 4 is 28.9 Å². The van der Waals surface area contributed by atoms with Crippen LogP contribution in [-0.4, -0.2) is 26.2 Å². The standard InChI is InChI=1S/C16H13N3O5/c20-8-7-18-14(6-5-11-9-15(19(22)23)24-10-11)17-13-4-2-1-3-12(13)16(18)21/h1-6,9-10,20H,7-8H2/b6-5+. The molecule has 0 saturated heterocycles. The number of nitro groups is 1. The van der Waals surface area contributed by atoms with E-state index in [0.29, 0.717) is 22.3 Å². The zero-order valence-electron chi connectivity index (χ0n) is 12.5. The third kappa shape index (κ3) is 2.95. The molecule has 3 rings (SSSR count). The van der Waals surface area contributed by atoms with Gasteiger partial charge in [0.1, 0.15) is 17.0 Å². The monoisotopic (exact) mass is 327 g/mol. The van der Waals surface area contributed by atoms with Gasteiger partial charge in [0.15, 0.2) is 0 Å². The molecule has 8 heteroatoms. The summed E-state index contributed by atoms with van der Waals surface area (Å²) in [6.07, 6.45) is 4.35. The summed E-state index contributed by atoms with van der Waals surface area (Å²) in [6.45, 7) is -0.111. The SMILES string of the molecule is O=c1c2ccccc2nc(/C=C/c2coc([N+](=O)[O-])c2)n1CCO. The van der Waals surface area contributed by atoms with Crippen molar-refractivity contribution in [3.8, 4) is 0 Å². The van der Waals surface area contributed by atoms with Crippen LogP contribution < -0.4 is 5.56 Å². The van der Waals surface area contributed by atoms with Crippen molar-refractivity contribution in [1.29, 1.82) is 0 Å². The molecule has 0 fully saturated rings. The topological polar surface area (TPSA) is 111 Å². The Morgan fingerprint density at radius 1 is 1.33 bits per heavy atom. The van der Waals surface area contributed by atoms with Gasteiger partial charge in [0, 0.05) is 5.56 Å². The minimum atomic E-state index is -0.632. The van der Waals surface area contributed by atoms with Crippen LogP contribution >= 0.6 is 0 Å². The third-order valence-electron chi connectivity index (χ3n) is 3.43. The molecule has 122 valence electrons. The normalized spacial score (nSPS) is 11.4. The lowest BCUT2D eigenvalue weighted by Gasteiger charge is -2.09. The summed E-state index contributed by atoms with van der Waals surface area (Å²) in [5.74, 6) is -0.0227. The molecule has 0 bridgehead atoms. The Bertz CT molecular complexity index is 987. The lowest BCUT2D eigenvalue weighted by atomic mass is 10.2. The molecular formula is C16H13N3O5. The summed E-state index contributed by atoms with van der Waals surface area (Å²) in [5.41, 5.74) is 0.752. The van der Waals surface area contributed by atoms with E-state index in [2.05, 4.69) is 4.98 Å². The number of aliphatic hydroxyl groups is 1. The van der Waals surface area contributed by atoms with Crippen molar-refractivity contribution in [2.24, 2.45) is 0 Å². The molecule has 0 aliphatic heterocycles. The first kappa shape index (κ1) is 15.6. The third-order valence-corrected chi connectivity index (χ3v) is 3.43. The molecule has 3 aromatic rings. The summed E-state index contributed by atoms with van der Waals surface area (Å²) >= 11 is 0. The predicted molar refractivity (Wildman–Crippen MR) is 87.4 cm³/mol. The van der Waals surface area contributed by atoms with Crippen molar-refractivity contribution in [3.63, 3.8) is 0 Å². The number of benzene rings is 1. The number of furan rings is 1. The number of aromatic nitrogens is 2. The van der Waals surface area contributed by atoms with E-state index in [0.717, 1.165) is 0 Å². The molecule has 8 nitrogen and oxygen atoms in total. The number of hydrogen-bond acceptors (Lipinski definition) is 6. The number of hydrogen-bond donors (Lipinski definition) is 1. The number of fused-ring (bicyclic) bond motifs is 1. The predicted octanol–water partition coefficient (Wildman–Crippen LogP) is 2.06. The van der Waals surface area contributed by atoms with Crippen molar-refractivity contribution in [2.75, 3.05) is 6.61 Å².